The number of hydrogen-bond acceptors (Lipinski definition) is 4. The summed E-state index contributed by atoms with van der Waals surface area (Å²) in [5.41, 5.74) is 6.45. The van der Waals surface area contributed by atoms with E-state index in [0.717, 1.165) is 19.3 Å². The molecule has 2 aliphatic rings. The number of carbonyl (C=O) groups excluding carboxylic acids is 1. The Morgan fingerprint density at radius 1 is 1.26 bits per heavy atom. The van der Waals surface area contributed by atoms with Gasteiger partial charge in [-0.25, -0.2) is 0 Å². The lowest BCUT2D eigenvalue weighted by Crippen LogP contribution is -2.54. The molecule has 5 heteroatoms. The van der Waals surface area contributed by atoms with E-state index in [-0.39, 0.29) is 11.4 Å². The van der Waals surface area contributed by atoms with Gasteiger partial charge in [0.1, 0.15) is 13.2 Å². The van der Waals surface area contributed by atoms with Crippen LogP contribution in [0.5, 0.6) is 11.5 Å². The maximum atomic E-state index is 12.1. The summed E-state index contributed by atoms with van der Waals surface area (Å²) in [6, 6.07) is 5.23. The Labute approximate surface area is 112 Å². The van der Waals surface area contributed by atoms with Crippen molar-refractivity contribution in [1.82, 2.24) is 5.32 Å². The van der Waals surface area contributed by atoms with Gasteiger partial charge in [0.05, 0.1) is 0 Å². The van der Waals surface area contributed by atoms with Crippen LogP contribution in [0.25, 0.3) is 0 Å². The summed E-state index contributed by atoms with van der Waals surface area (Å²) in [5.74, 6) is 1.20. The Morgan fingerprint density at radius 3 is 2.68 bits per heavy atom. The molecule has 0 spiro atoms. The largest absolute Gasteiger partial charge is 0.486 e. The zero-order valence-corrected chi connectivity index (χ0v) is 10.8. The third-order valence-electron chi connectivity index (χ3n) is 3.75. The lowest BCUT2D eigenvalue weighted by atomic mass is 9.78. The van der Waals surface area contributed by atoms with E-state index in [1.54, 1.807) is 18.2 Å². The van der Waals surface area contributed by atoms with Crippen molar-refractivity contribution in [3.63, 3.8) is 0 Å². The molecule has 0 saturated heterocycles. The van der Waals surface area contributed by atoms with Crippen LogP contribution in [0.2, 0.25) is 0 Å². The third-order valence-corrected chi connectivity index (χ3v) is 3.75. The molecule has 1 aliphatic heterocycles. The highest BCUT2D eigenvalue weighted by Crippen LogP contribution is 2.31. The normalized spacial score (nSPS) is 19.4. The molecule has 0 unspecified atom stereocenters. The van der Waals surface area contributed by atoms with E-state index in [1.165, 1.54) is 0 Å². The molecule has 3 N–H and O–H groups in total. The van der Waals surface area contributed by atoms with Crippen LogP contribution in [0.4, 0.5) is 0 Å². The van der Waals surface area contributed by atoms with E-state index in [0.29, 0.717) is 36.8 Å². The Morgan fingerprint density at radius 2 is 2.00 bits per heavy atom. The van der Waals surface area contributed by atoms with Gasteiger partial charge in [0.15, 0.2) is 11.5 Å². The van der Waals surface area contributed by atoms with E-state index in [4.69, 9.17) is 15.2 Å². The van der Waals surface area contributed by atoms with Crippen molar-refractivity contribution in [2.24, 2.45) is 5.73 Å². The number of ether oxygens (including phenoxy) is 2. The molecule has 1 amide bonds. The van der Waals surface area contributed by atoms with E-state index in [9.17, 15) is 4.79 Å². The van der Waals surface area contributed by atoms with Gasteiger partial charge >= 0.3 is 0 Å². The van der Waals surface area contributed by atoms with Gasteiger partial charge in [-0.3, -0.25) is 4.79 Å². The minimum Gasteiger partial charge on any atom is -0.486 e. The molecule has 5 nitrogen and oxygen atoms in total. The average molecular weight is 262 g/mol. The molecule has 0 radical (unpaired) electrons. The van der Waals surface area contributed by atoms with Crippen molar-refractivity contribution in [3.05, 3.63) is 23.8 Å². The van der Waals surface area contributed by atoms with Crippen molar-refractivity contribution in [1.29, 1.82) is 0 Å². The topological polar surface area (TPSA) is 73.6 Å². The molecule has 19 heavy (non-hydrogen) atoms. The molecule has 0 bridgehead atoms. The number of nitrogens with one attached hydrogen (secondary N) is 1. The minimum atomic E-state index is -0.205. The molecule has 1 aromatic carbocycles. The molecular weight excluding hydrogens is 244 g/mol. The van der Waals surface area contributed by atoms with Crippen molar-refractivity contribution >= 4 is 5.91 Å². The minimum absolute atomic E-state index is 0.117. The highest BCUT2D eigenvalue weighted by Gasteiger charge is 2.32. The first-order valence-electron chi connectivity index (χ1n) is 6.63. The Bertz CT molecular complexity index is 497. The fourth-order valence-electron chi connectivity index (χ4n) is 2.35. The second kappa shape index (κ2) is 4.74. The van der Waals surface area contributed by atoms with Crippen LogP contribution in [0.1, 0.15) is 29.6 Å². The summed E-state index contributed by atoms with van der Waals surface area (Å²) in [6.45, 7) is 1.60. The highest BCUT2D eigenvalue weighted by molar-refractivity contribution is 5.95. The van der Waals surface area contributed by atoms with Crippen molar-refractivity contribution in [2.45, 2.75) is 24.8 Å². The van der Waals surface area contributed by atoms with Gasteiger partial charge in [0, 0.05) is 17.6 Å². The Hall–Kier alpha value is -1.75. The quantitative estimate of drug-likeness (QED) is 0.854. The molecule has 1 fully saturated rings. The average Bonchev–Trinajstić information content (AvgIpc) is 2.42. The number of carbonyl (C=O) groups is 1. The summed E-state index contributed by atoms with van der Waals surface area (Å²) < 4.78 is 10.9. The molecule has 0 atom stereocenters. The number of fused-ring (bicyclic) bond motifs is 1. The van der Waals surface area contributed by atoms with Gasteiger partial charge in [0.25, 0.3) is 5.91 Å². The van der Waals surface area contributed by atoms with Crippen molar-refractivity contribution in [2.75, 3.05) is 19.8 Å². The summed E-state index contributed by atoms with van der Waals surface area (Å²) in [4.78, 5) is 12.1. The molecule has 1 heterocycles. The maximum absolute atomic E-state index is 12.1. The van der Waals surface area contributed by atoms with Crippen LogP contribution in [0, 0.1) is 0 Å². The van der Waals surface area contributed by atoms with Crippen LogP contribution in [-0.2, 0) is 0 Å². The molecule has 0 aromatic heterocycles. The van der Waals surface area contributed by atoms with Gasteiger partial charge in [-0.1, -0.05) is 0 Å². The van der Waals surface area contributed by atoms with E-state index in [2.05, 4.69) is 5.32 Å². The van der Waals surface area contributed by atoms with E-state index >= 15 is 0 Å². The fraction of sp³-hybridized carbons (Fsp3) is 0.500. The molecule has 1 saturated carbocycles. The predicted octanol–water partition coefficient (Wildman–Crippen LogP) is 1.07. The van der Waals surface area contributed by atoms with Crippen LogP contribution in [-0.4, -0.2) is 31.2 Å². The van der Waals surface area contributed by atoms with Crippen LogP contribution in [0.15, 0.2) is 18.2 Å². The van der Waals surface area contributed by atoms with Crippen LogP contribution in [0.3, 0.4) is 0 Å². The van der Waals surface area contributed by atoms with Gasteiger partial charge in [-0.15, -0.1) is 0 Å². The molecule has 1 aromatic rings. The first-order chi connectivity index (χ1) is 9.16. The standard InChI is InChI=1S/C14H18N2O3/c15-14(4-1-5-14)9-16-13(17)10-2-3-11-12(8-10)19-7-6-18-11/h2-3,8H,1,4-7,9,15H2,(H,16,17). The van der Waals surface area contributed by atoms with Crippen LogP contribution >= 0.6 is 0 Å². The smallest absolute Gasteiger partial charge is 0.251 e. The Balaban J connectivity index is 1.66. The number of rotatable bonds is 3. The lowest BCUT2D eigenvalue weighted by molar-refractivity contribution is 0.0928. The number of benzene rings is 1. The Kier molecular flexibility index (Phi) is 3.06. The first kappa shape index (κ1) is 12.3. The monoisotopic (exact) mass is 262 g/mol. The zero-order chi connectivity index (χ0) is 13.3. The number of amides is 1. The highest BCUT2D eigenvalue weighted by atomic mass is 16.6. The van der Waals surface area contributed by atoms with E-state index < -0.39 is 0 Å². The second-order valence-corrected chi connectivity index (χ2v) is 5.26. The third kappa shape index (κ3) is 2.51. The molecule has 102 valence electrons. The molecular formula is C14H18N2O3. The SMILES string of the molecule is NC1(CNC(=O)c2ccc3c(c2)OCCO3)CCC1. The summed E-state index contributed by atoms with van der Waals surface area (Å²) in [5, 5.41) is 2.89. The predicted molar refractivity (Wildman–Crippen MR) is 70.5 cm³/mol. The van der Waals surface area contributed by atoms with Gasteiger partial charge in [0.2, 0.25) is 0 Å². The van der Waals surface area contributed by atoms with Crippen molar-refractivity contribution < 1.29 is 14.3 Å². The number of nitrogens with two attached hydrogens (primary N) is 1. The second-order valence-electron chi connectivity index (χ2n) is 5.26. The van der Waals surface area contributed by atoms with Crippen LogP contribution < -0.4 is 20.5 Å². The zero-order valence-electron chi connectivity index (χ0n) is 10.8. The summed E-state index contributed by atoms with van der Waals surface area (Å²) in [6.07, 6.45) is 3.11. The summed E-state index contributed by atoms with van der Waals surface area (Å²) in [7, 11) is 0. The van der Waals surface area contributed by atoms with Gasteiger partial charge in [-0.2, -0.15) is 0 Å². The fourth-order valence-corrected chi connectivity index (χ4v) is 2.35. The first-order valence-corrected chi connectivity index (χ1v) is 6.63. The lowest BCUT2D eigenvalue weighted by Gasteiger charge is -2.38. The van der Waals surface area contributed by atoms with Gasteiger partial charge in [-0.05, 0) is 37.5 Å². The number of hydrogen-bond donors (Lipinski definition) is 2. The maximum Gasteiger partial charge on any atom is 0.251 e. The summed E-state index contributed by atoms with van der Waals surface area (Å²) >= 11 is 0. The van der Waals surface area contributed by atoms with E-state index in [1.807, 2.05) is 0 Å². The molecule has 3 rings (SSSR count). The molecule has 1 aliphatic carbocycles. The van der Waals surface area contributed by atoms with Crippen molar-refractivity contribution in [3.8, 4) is 11.5 Å². The van der Waals surface area contributed by atoms with Gasteiger partial charge < -0.3 is 20.5 Å².